The van der Waals surface area contributed by atoms with Crippen molar-refractivity contribution in [2.75, 3.05) is 23.4 Å². The predicted molar refractivity (Wildman–Crippen MR) is 104 cm³/mol. The molecule has 0 aromatic carbocycles. The summed E-state index contributed by atoms with van der Waals surface area (Å²) >= 11 is 0. The fraction of sp³-hybridized carbons (Fsp3) is 0.350. The molecule has 7 nitrogen and oxygen atoms in total. The molecule has 8 heteroatoms. The minimum Gasteiger partial charge on any atom is -0.477 e. The third-order valence-electron chi connectivity index (χ3n) is 5.28. The number of ether oxygens (including phenoxy) is 1. The highest BCUT2D eigenvalue weighted by Crippen LogP contribution is 2.39. The number of halogens is 1. The fourth-order valence-corrected chi connectivity index (χ4v) is 3.98. The van der Waals surface area contributed by atoms with Crippen molar-refractivity contribution in [2.24, 2.45) is 0 Å². The molecule has 144 valence electrons. The molecule has 1 saturated heterocycles. The van der Waals surface area contributed by atoms with Crippen LogP contribution in [0.2, 0.25) is 0 Å². The molecule has 2 aliphatic rings. The van der Waals surface area contributed by atoms with Crippen LogP contribution in [0.25, 0.3) is 5.65 Å². The monoisotopic (exact) mass is 380 g/mol. The van der Waals surface area contributed by atoms with E-state index in [4.69, 9.17) is 9.72 Å². The molecule has 0 amide bonds. The predicted octanol–water partition coefficient (Wildman–Crippen LogP) is 3.70. The van der Waals surface area contributed by atoms with Gasteiger partial charge in [-0.05, 0) is 37.8 Å². The van der Waals surface area contributed by atoms with Crippen LogP contribution in [-0.2, 0) is 0 Å². The van der Waals surface area contributed by atoms with E-state index in [1.165, 1.54) is 6.20 Å². The first kappa shape index (κ1) is 17.0. The van der Waals surface area contributed by atoms with Crippen LogP contribution in [0.3, 0.4) is 0 Å². The minimum atomic E-state index is -0.352. The summed E-state index contributed by atoms with van der Waals surface area (Å²) < 4.78 is 21.7. The summed E-state index contributed by atoms with van der Waals surface area (Å²) in [5, 5.41) is 7.68. The topological polar surface area (TPSA) is 67.6 Å². The highest BCUT2D eigenvalue weighted by molar-refractivity contribution is 5.70. The van der Waals surface area contributed by atoms with Crippen molar-refractivity contribution in [2.45, 2.75) is 31.7 Å². The van der Waals surface area contributed by atoms with Crippen molar-refractivity contribution in [3.63, 3.8) is 0 Å². The van der Waals surface area contributed by atoms with Gasteiger partial charge in [0.25, 0.3) is 0 Å². The van der Waals surface area contributed by atoms with Crippen LogP contribution in [0.1, 0.15) is 37.3 Å². The molecule has 0 spiro atoms. The first-order valence-electron chi connectivity index (χ1n) is 9.53. The van der Waals surface area contributed by atoms with E-state index in [-0.39, 0.29) is 11.9 Å². The van der Waals surface area contributed by atoms with Crippen molar-refractivity contribution >= 4 is 17.2 Å². The summed E-state index contributed by atoms with van der Waals surface area (Å²) in [4.78, 5) is 11.3. The van der Waals surface area contributed by atoms with Gasteiger partial charge in [-0.3, -0.25) is 0 Å². The van der Waals surface area contributed by atoms with Gasteiger partial charge >= 0.3 is 0 Å². The number of allylic oxidation sites excluding steroid dienone is 1. The standard InChI is InChI=1S/C20H21FN6O/c1-13-4-3-9-28-20-15(10-14(21)11-22-20)17-5-2-7-26(17)18-6-8-27-19(25-18)16(24-13)12-23-27/h6,8,10-12,17,24H,1-5,7,9H2. The number of pyridine rings is 1. The average Bonchev–Trinajstić information content (AvgIpc) is 3.32. The van der Waals surface area contributed by atoms with Gasteiger partial charge in [-0.25, -0.2) is 18.9 Å². The Balaban J connectivity index is 1.64. The second kappa shape index (κ2) is 6.78. The lowest BCUT2D eigenvalue weighted by Crippen LogP contribution is -2.25. The van der Waals surface area contributed by atoms with Gasteiger partial charge in [-0.15, -0.1) is 0 Å². The molecule has 3 aromatic rings. The number of rotatable bonds is 0. The largest absolute Gasteiger partial charge is 0.477 e. The molecular weight excluding hydrogens is 359 g/mol. The van der Waals surface area contributed by atoms with E-state index in [1.807, 2.05) is 12.3 Å². The molecule has 28 heavy (non-hydrogen) atoms. The summed E-state index contributed by atoms with van der Waals surface area (Å²) in [6, 6.07) is 3.46. The summed E-state index contributed by atoms with van der Waals surface area (Å²) in [7, 11) is 0. The molecule has 2 aliphatic heterocycles. The zero-order valence-corrected chi connectivity index (χ0v) is 15.4. The lowest BCUT2D eigenvalue weighted by atomic mass is 10.1. The maximum absolute atomic E-state index is 14.0. The number of nitrogens with one attached hydrogen (secondary N) is 1. The molecule has 0 saturated carbocycles. The van der Waals surface area contributed by atoms with Crippen molar-refractivity contribution in [1.29, 1.82) is 0 Å². The van der Waals surface area contributed by atoms with E-state index in [9.17, 15) is 4.39 Å². The van der Waals surface area contributed by atoms with Crippen LogP contribution in [0, 0.1) is 5.82 Å². The summed E-state index contributed by atoms with van der Waals surface area (Å²) in [6.07, 6.45) is 8.28. The van der Waals surface area contributed by atoms with Crippen molar-refractivity contribution in [3.8, 4) is 5.88 Å². The Morgan fingerprint density at radius 2 is 2.21 bits per heavy atom. The van der Waals surface area contributed by atoms with E-state index in [1.54, 1.807) is 16.8 Å². The van der Waals surface area contributed by atoms with Gasteiger partial charge in [0.05, 0.1) is 25.0 Å². The van der Waals surface area contributed by atoms with Gasteiger partial charge in [-0.2, -0.15) is 5.10 Å². The summed E-state index contributed by atoms with van der Waals surface area (Å²) in [6.45, 7) is 5.43. The lowest BCUT2D eigenvalue weighted by molar-refractivity contribution is 0.293. The molecular formula is C20H21FN6O. The lowest BCUT2D eigenvalue weighted by Gasteiger charge is -2.27. The molecule has 0 aliphatic carbocycles. The molecule has 2 bridgehead atoms. The Morgan fingerprint density at radius 3 is 3.14 bits per heavy atom. The van der Waals surface area contributed by atoms with Gasteiger partial charge in [0.15, 0.2) is 5.65 Å². The van der Waals surface area contributed by atoms with E-state index in [0.717, 1.165) is 60.6 Å². The molecule has 5 heterocycles. The molecule has 3 aromatic heterocycles. The van der Waals surface area contributed by atoms with Crippen LogP contribution in [0.4, 0.5) is 15.9 Å². The van der Waals surface area contributed by atoms with Crippen molar-refractivity contribution < 1.29 is 9.13 Å². The quantitative estimate of drug-likeness (QED) is 0.641. The summed E-state index contributed by atoms with van der Waals surface area (Å²) in [5.74, 6) is 0.978. The third kappa shape index (κ3) is 2.94. The van der Waals surface area contributed by atoms with Gasteiger partial charge in [-0.1, -0.05) is 6.58 Å². The maximum atomic E-state index is 14.0. The van der Waals surface area contributed by atoms with Crippen molar-refractivity contribution in [1.82, 2.24) is 19.6 Å². The molecule has 1 fully saturated rings. The van der Waals surface area contributed by atoms with Gasteiger partial charge in [0.2, 0.25) is 5.88 Å². The van der Waals surface area contributed by atoms with Crippen LogP contribution < -0.4 is 15.0 Å². The van der Waals surface area contributed by atoms with Crippen LogP contribution in [0.5, 0.6) is 5.88 Å². The van der Waals surface area contributed by atoms with Crippen LogP contribution in [-0.4, -0.2) is 32.7 Å². The Labute approximate surface area is 161 Å². The molecule has 0 radical (unpaired) electrons. The number of hydrogen-bond acceptors (Lipinski definition) is 6. The Hall–Kier alpha value is -3.16. The van der Waals surface area contributed by atoms with E-state index in [2.05, 4.69) is 26.9 Å². The zero-order chi connectivity index (χ0) is 19.1. The number of fused-ring (bicyclic) bond motifs is 5. The van der Waals surface area contributed by atoms with Gasteiger partial charge in [0.1, 0.15) is 17.3 Å². The number of aromatic nitrogens is 4. The van der Waals surface area contributed by atoms with Crippen molar-refractivity contribution in [3.05, 3.63) is 54.4 Å². The van der Waals surface area contributed by atoms with Gasteiger partial charge in [0, 0.05) is 24.0 Å². The first-order chi connectivity index (χ1) is 13.7. The Morgan fingerprint density at radius 1 is 1.29 bits per heavy atom. The number of nitrogens with zero attached hydrogens (tertiary/aromatic N) is 5. The Kier molecular flexibility index (Phi) is 4.11. The SMILES string of the molecule is C=C1CCCOc2ncc(F)cc2C2CCCN2c2ccn3ncc(c3n2)N1. The summed E-state index contributed by atoms with van der Waals surface area (Å²) in [5.41, 5.74) is 3.22. The van der Waals surface area contributed by atoms with E-state index < -0.39 is 0 Å². The average molecular weight is 380 g/mol. The smallest absolute Gasteiger partial charge is 0.218 e. The van der Waals surface area contributed by atoms with Crippen LogP contribution >= 0.6 is 0 Å². The zero-order valence-electron chi connectivity index (χ0n) is 15.4. The maximum Gasteiger partial charge on any atom is 0.218 e. The van der Waals surface area contributed by atoms with Crippen LogP contribution in [0.15, 0.2) is 43.0 Å². The number of hydrogen-bond donors (Lipinski definition) is 1. The van der Waals surface area contributed by atoms with Gasteiger partial charge < -0.3 is 15.0 Å². The highest BCUT2D eigenvalue weighted by Gasteiger charge is 2.31. The first-order valence-corrected chi connectivity index (χ1v) is 9.53. The second-order valence-corrected chi connectivity index (χ2v) is 7.19. The van der Waals surface area contributed by atoms with E-state index in [0.29, 0.717) is 12.5 Å². The molecule has 1 N–H and O–H groups in total. The normalized spacial score (nSPS) is 19.7. The second-order valence-electron chi connectivity index (χ2n) is 7.19. The Bertz CT molecular complexity index is 1050. The third-order valence-corrected chi connectivity index (χ3v) is 5.28. The van der Waals surface area contributed by atoms with E-state index >= 15 is 0 Å². The molecule has 5 rings (SSSR count). The molecule has 1 unspecified atom stereocenters. The molecule has 1 atom stereocenters. The fourth-order valence-electron chi connectivity index (χ4n) is 3.98. The highest BCUT2D eigenvalue weighted by atomic mass is 19.1. The number of anilines is 2. The minimum absolute atomic E-state index is 0.0228.